The standard InChI is InChI=1S/C12H21N3S/c1-9-5-3-4-6-11(9)15(2)12-14-10(7-13)8-16-12/h8-9,11H,3-7,13H2,1-2H3. The van der Waals surface area contributed by atoms with Gasteiger partial charge in [0.1, 0.15) is 0 Å². The summed E-state index contributed by atoms with van der Waals surface area (Å²) in [5.74, 6) is 0.781. The van der Waals surface area contributed by atoms with Crippen molar-refractivity contribution >= 4 is 16.5 Å². The van der Waals surface area contributed by atoms with Crippen molar-refractivity contribution in [3.05, 3.63) is 11.1 Å². The highest BCUT2D eigenvalue weighted by atomic mass is 32.1. The SMILES string of the molecule is CC1CCCCC1N(C)c1nc(CN)cs1. The van der Waals surface area contributed by atoms with E-state index in [4.69, 9.17) is 5.73 Å². The Bertz CT molecular complexity index is 337. The minimum absolute atomic E-state index is 0.546. The van der Waals surface area contributed by atoms with Crippen LogP contribution in [0.2, 0.25) is 0 Å². The van der Waals surface area contributed by atoms with Gasteiger partial charge in [0.25, 0.3) is 0 Å². The van der Waals surface area contributed by atoms with Crippen LogP contribution in [0.5, 0.6) is 0 Å². The first-order chi connectivity index (χ1) is 7.72. The van der Waals surface area contributed by atoms with Gasteiger partial charge < -0.3 is 10.6 Å². The molecule has 1 fully saturated rings. The maximum absolute atomic E-state index is 5.59. The average molecular weight is 239 g/mol. The lowest BCUT2D eigenvalue weighted by Gasteiger charge is -2.36. The molecular formula is C12H21N3S. The van der Waals surface area contributed by atoms with Crippen molar-refractivity contribution in [2.24, 2.45) is 11.7 Å². The zero-order valence-electron chi connectivity index (χ0n) is 10.1. The molecule has 16 heavy (non-hydrogen) atoms. The van der Waals surface area contributed by atoms with Crippen molar-refractivity contribution in [2.45, 2.75) is 45.2 Å². The van der Waals surface area contributed by atoms with E-state index in [1.54, 1.807) is 11.3 Å². The van der Waals surface area contributed by atoms with Crippen molar-refractivity contribution in [1.29, 1.82) is 0 Å². The fourth-order valence-corrected chi connectivity index (χ4v) is 3.43. The molecule has 0 spiro atoms. The Morgan fingerprint density at radius 3 is 2.88 bits per heavy atom. The Balaban J connectivity index is 2.07. The number of nitrogens with two attached hydrogens (primary N) is 1. The molecule has 3 nitrogen and oxygen atoms in total. The maximum atomic E-state index is 5.59. The highest BCUT2D eigenvalue weighted by Gasteiger charge is 2.26. The largest absolute Gasteiger partial charge is 0.348 e. The zero-order chi connectivity index (χ0) is 11.5. The third-order valence-electron chi connectivity index (χ3n) is 3.61. The Morgan fingerprint density at radius 1 is 1.50 bits per heavy atom. The molecule has 4 heteroatoms. The average Bonchev–Trinajstić information content (AvgIpc) is 2.77. The minimum Gasteiger partial charge on any atom is -0.348 e. The fraction of sp³-hybridized carbons (Fsp3) is 0.750. The molecule has 0 aliphatic heterocycles. The highest BCUT2D eigenvalue weighted by Crippen LogP contribution is 2.31. The van der Waals surface area contributed by atoms with E-state index >= 15 is 0 Å². The van der Waals surface area contributed by atoms with E-state index in [2.05, 4.69) is 29.2 Å². The monoisotopic (exact) mass is 239 g/mol. The third-order valence-corrected chi connectivity index (χ3v) is 4.59. The van der Waals surface area contributed by atoms with Crippen LogP contribution < -0.4 is 10.6 Å². The topological polar surface area (TPSA) is 42.2 Å². The molecule has 2 atom stereocenters. The van der Waals surface area contributed by atoms with Crippen molar-refractivity contribution < 1.29 is 0 Å². The predicted molar refractivity (Wildman–Crippen MR) is 69.8 cm³/mol. The number of aromatic nitrogens is 1. The summed E-state index contributed by atoms with van der Waals surface area (Å²) in [6.07, 6.45) is 5.39. The van der Waals surface area contributed by atoms with Crippen molar-refractivity contribution in [2.75, 3.05) is 11.9 Å². The fourth-order valence-electron chi connectivity index (χ4n) is 2.57. The van der Waals surface area contributed by atoms with E-state index in [1.807, 2.05) is 0 Å². The smallest absolute Gasteiger partial charge is 0.185 e. The molecule has 0 aromatic carbocycles. The Morgan fingerprint density at radius 2 is 2.25 bits per heavy atom. The summed E-state index contributed by atoms with van der Waals surface area (Å²) in [5.41, 5.74) is 6.60. The molecule has 0 amide bonds. The van der Waals surface area contributed by atoms with Crippen molar-refractivity contribution in [3.63, 3.8) is 0 Å². The number of hydrogen-bond donors (Lipinski definition) is 1. The van der Waals surface area contributed by atoms with Gasteiger partial charge in [0, 0.05) is 25.0 Å². The third kappa shape index (κ3) is 2.38. The highest BCUT2D eigenvalue weighted by molar-refractivity contribution is 7.13. The summed E-state index contributed by atoms with van der Waals surface area (Å²) in [6.45, 7) is 2.91. The zero-order valence-corrected chi connectivity index (χ0v) is 11.0. The van der Waals surface area contributed by atoms with E-state index in [-0.39, 0.29) is 0 Å². The number of hydrogen-bond acceptors (Lipinski definition) is 4. The molecule has 0 saturated heterocycles. The summed E-state index contributed by atoms with van der Waals surface area (Å²) >= 11 is 1.71. The van der Waals surface area contributed by atoms with E-state index in [9.17, 15) is 0 Å². The first-order valence-corrected chi connectivity index (χ1v) is 6.97. The van der Waals surface area contributed by atoms with Crippen LogP contribution in [0.25, 0.3) is 0 Å². The van der Waals surface area contributed by atoms with Crippen molar-refractivity contribution in [3.8, 4) is 0 Å². The Kier molecular flexibility index (Phi) is 3.82. The maximum Gasteiger partial charge on any atom is 0.185 e. The van der Waals surface area contributed by atoms with Gasteiger partial charge >= 0.3 is 0 Å². The number of nitrogens with zero attached hydrogens (tertiary/aromatic N) is 2. The second kappa shape index (κ2) is 5.15. The number of rotatable bonds is 3. The number of anilines is 1. The first-order valence-electron chi connectivity index (χ1n) is 6.09. The van der Waals surface area contributed by atoms with Gasteiger partial charge in [-0.05, 0) is 18.8 Å². The molecule has 2 unspecified atom stereocenters. The Labute approximate surface area is 102 Å². The first kappa shape index (κ1) is 11.9. The van der Waals surface area contributed by atoms with Crippen LogP contribution in [0.1, 0.15) is 38.3 Å². The lowest BCUT2D eigenvalue weighted by atomic mass is 9.85. The van der Waals surface area contributed by atoms with Crippen LogP contribution in [-0.4, -0.2) is 18.1 Å². The van der Waals surface area contributed by atoms with E-state index in [0.29, 0.717) is 12.6 Å². The molecule has 1 aromatic rings. The second-order valence-electron chi connectivity index (χ2n) is 4.77. The van der Waals surface area contributed by atoms with Crippen LogP contribution in [0, 0.1) is 5.92 Å². The van der Waals surface area contributed by atoms with Gasteiger partial charge in [-0.2, -0.15) is 0 Å². The second-order valence-corrected chi connectivity index (χ2v) is 5.60. The predicted octanol–water partition coefficient (Wildman–Crippen LogP) is 2.62. The molecular weight excluding hydrogens is 218 g/mol. The van der Waals surface area contributed by atoms with Crippen LogP contribution in [0.3, 0.4) is 0 Å². The molecule has 2 rings (SSSR count). The normalized spacial score (nSPS) is 25.7. The van der Waals surface area contributed by atoms with Gasteiger partial charge in [-0.1, -0.05) is 19.8 Å². The lowest BCUT2D eigenvalue weighted by molar-refractivity contribution is 0.321. The molecule has 90 valence electrons. The van der Waals surface area contributed by atoms with Crippen LogP contribution in [0.15, 0.2) is 5.38 Å². The van der Waals surface area contributed by atoms with Gasteiger partial charge in [0.2, 0.25) is 0 Å². The molecule has 1 saturated carbocycles. The summed E-state index contributed by atoms with van der Waals surface area (Å²) in [5, 5.41) is 3.19. The Hall–Kier alpha value is -0.610. The molecule has 1 aliphatic carbocycles. The van der Waals surface area contributed by atoms with Crippen LogP contribution in [-0.2, 0) is 6.54 Å². The van der Waals surface area contributed by atoms with Crippen molar-refractivity contribution in [1.82, 2.24) is 4.98 Å². The lowest BCUT2D eigenvalue weighted by Crippen LogP contribution is -2.38. The van der Waals surface area contributed by atoms with Gasteiger partial charge in [-0.3, -0.25) is 0 Å². The minimum atomic E-state index is 0.546. The number of thiazole rings is 1. The van der Waals surface area contributed by atoms with Gasteiger partial charge in [-0.25, -0.2) is 4.98 Å². The molecule has 1 heterocycles. The summed E-state index contributed by atoms with van der Waals surface area (Å²) in [7, 11) is 2.17. The summed E-state index contributed by atoms with van der Waals surface area (Å²) in [4.78, 5) is 6.91. The summed E-state index contributed by atoms with van der Waals surface area (Å²) < 4.78 is 0. The van der Waals surface area contributed by atoms with Crippen LogP contribution in [0.4, 0.5) is 5.13 Å². The molecule has 0 bridgehead atoms. The van der Waals surface area contributed by atoms with E-state index in [0.717, 1.165) is 16.7 Å². The van der Waals surface area contributed by atoms with E-state index < -0.39 is 0 Å². The van der Waals surface area contributed by atoms with E-state index in [1.165, 1.54) is 25.7 Å². The molecule has 1 aliphatic rings. The molecule has 0 radical (unpaired) electrons. The summed E-state index contributed by atoms with van der Waals surface area (Å²) in [6, 6.07) is 0.658. The van der Waals surface area contributed by atoms with Gasteiger partial charge in [0.15, 0.2) is 5.13 Å². The van der Waals surface area contributed by atoms with Gasteiger partial charge in [0.05, 0.1) is 5.69 Å². The quantitative estimate of drug-likeness (QED) is 0.881. The molecule has 1 aromatic heterocycles. The van der Waals surface area contributed by atoms with Gasteiger partial charge in [-0.15, -0.1) is 11.3 Å². The molecule has 2 N–H and O–H groups in total. The van der Waals surface area contributed by atoms with Crippen LogP contribution >= 0.6 is 11.3 Å².